The number of ether oxygens (including phenoxy) is 1. The van der Waals surface area contributed by atoms with Crippen LogP contribution in [0, 0.1) is 5.92 Å². The average Bonchev–Trinajstić information content (AvgIpc) is 2.50. The predicted octanol–water partition coefficient (Wildman–Crippen LogP) is 2.89. The average molecular weight is 336 g/mol. The van der Waals surface area contributed by atoms with E-state index in [9.17, 15) is 9.59 Å². The Kier molecular flexibility index (Phi) is 5.20. The zero-order valence-electron chi connectivity index (χ0n) is 14.2. The molecule has 0 radical (unpaired) electrons. The highest BCUT2D eigenvalue weighted by atomic mass is 16.7. The van der Waals surface area contributed by atoms with Crippen LogP contribution >= 0.6 is 0 Å². The molecule has 1 aromatic heterocycles. The Labute approximate surface area is 140 Å². The molecule has 1 atom stereocenters. The summed E-state index contributed by atoms with van der Waals surface area (Å²) in [4.78, 5) is 29.2. The van der Waals surface area contributed by atoms with Crippen LogP contribution in [0.15, 0.2) is 15.3 Å². The summed E-state index contributed by atoms with van der Waals surface area (Å²) in [6.45, 7) is 2.49. The Balaban J connectivity index is 1.96. The molecule has 2 heterocycles. The summed E-state index contributed by atoms with van der Waals surface area (Å²) in [6.07, 6.45) is 5.77. The van der Waals surface area contributed by atoms with Crippen LogP contribution in [0.2, 0.25) is 0 Å². The molecule has 0 aromatic carbocycles. The second-order valence-corrected chi connectivity index (χ2v) is 6.32. The number of carbonyl (C=O) groups excluding carboxylic acids is 1. The molecule has 132 valence electrons. The van der Waals surface area contributed by atoms with E-state index in [4.69, 9.17) is 14.0 Å². The number of hydroxylamine groups is 1. The van der Waals surface area contributed by atoms with Crippen LogP contribution in [0.5, 0.6) is 0 Å². The highest BCUT2D eigenvalue weighted by Crippen LogP contribution is 2.36. The number of urea groups is 1. The minimum atomic E-state index is -0.625. The zero-order chi connectivity index (χ0) is 17.1. The van der Waals surface area contributed by atoms with E-state index in [-0.39, 0.29) is 5.88 Å². The SMILES string of the molecule is CCCOC1NC(=O)N(OC)c2oc(=O)cc(CCC3CCC3)c21. The van der Waals surface area contributed by atoms with E-state index in [1.165, 1.54) is 32.4 Å². The summed E-state index contributed by atoms with van der Waals surface area (Å²) in [5.41, 5.74) is 1.06. The van der Waals surface area contributed by atoms with Gasteiger partial charge in [0.2, 0.25) is 5.88 Å². The van der Waals surface area contributed by atoms with Gasteiger partial charge in [-0.1, -0.05) is 26.2 Å². The molecule has 3 rings (SSSR count). The van der Waals surface area contributed by atoms with E-state index in [0.29, 0.717) is 12.2 Å². The first-order valence-corrected chi connectivity index (χ1v) is 8.57. The van der Waals surface area contributed by atoms with Gasteiger partial charge >= 0.3 is 11.7 Å². The van der Waals surface area contributed by atoms with Crippen LogP contribution in [-0.2, 0) is 16.0 Å². The van der Waals surface area contributed by atoms with Gasteiger partial charge in [-0.25, -0.2) is 9.59 Å². The van der Waals surface area contributed by atoms with Crippen molar-refractivity contribution >= 4 is 11.9 Å². The molecule has 2 amide bonds. The molecule has 0 bridgehead atoms. The number of carbonyl (C=O) groups is 1. The van der Waals surface area contributed by atoms with E-state index in [0.717, 1.165) is 35.8 Å². The Morgan fingerprint density at radius 1 is 1.38 bits per heavy atom. The highest BCUT2D eigenvalue weighted by Gasteiger charge is 2.36. The number of anilines is 1. The van der Waals surface area contributed by atoms with Gasteiger partial charge in [-0.3, -0.25) is 4.84 Å². The van der Waals surface area contributed by atoms with E-state index >= 15 is 0 Å². The molecule has 1 unspecified atom stereocenters. The number of aryl methyl sites for hydroxylation is 1. The fourth-order valence-electron chi connectivity index (χ4n) is 3.18. The number of amides is 2. The van der Waals surface area contributed by atoms with Crippen LogP contribution in [-0.4, -0.2) is 19.7 Å². The van der Waals surface area contributed by atoms with Crippen molar-refractivity contribution in [3.8, 4) is 0 Å². The largest absolute Gasteiger partial charge is 0.403 e. The van der Waals surface area contributed by atoms with Gasteiger partial charge in [0.15, 0.2) is 6.23 Å². The number of fused-ring (bicyclic) bond motifs is 1. The molecule has 1 fully saturated rings. The fraction of sp³-hybridized carbons (Fsp3) is 0.647. The maximum absolute atomic E-state index is 12.2. The van der Waals surface area contributed by atoms with Gasteiger partial charge in [-0.05, 0) is 30.7 Å². The smallest absolute Gasteiger partial charge is 0.351 e. The zero-order valence-corrected chi connectivity index (χ0v) is 14.2. The molecule has 1 N–H and O–H groups in total. The number of rotatable bonds is 7. The van der Waals surface area contributed by atoms with Crippen molar-refractivity contribution in [2.75, 3.05) is 18.8 Å². The number of hydrogen-bond acceptors (Lipinski definition) is 5. The molecule has 1 aliphatic carbocycles. The van der Waals surface area contributed by atoms with Gasteiger partial charge in [0.1, 0.15) is 0 Å². The third-order valence-electron chi connectivity index (χ3n) is 4.67. The molecule has 7 nitrogen and oxygen atoms in total. The molecule has 2 aliphatic rings. The van der Waals surface area contributed by atoms with Crippen LogP contribution in [0.25, 0.3) is 0 Å². The number of nitrogens with one attached hydrogen (secondary N) is 1. The van der Waals surface area contributed by atoms with Crippen molar-refractivity contribution in [1.29, 1.82) is 0 Å². The highest BCUT2D eigenvalue weighted by molar-refractivity contribution is 5.91. The summed E-state index contributed by atoms with van der Waals surface area (Å²) in [7, 11) is 1.36. The first-order valence-electron chi connectivity index (χ1n) is 8.57. The summed E-state index contributed by atoms with van der Waals surface area (Å²) in [6, 6.07) is 0.996. The molecule has 1 aromatic rings. The normalized spacial score (nSPS) is 20.5. The quantitative estimate of drug-likeness (QED) is 0.828. The summed E-state index contributed by atoms with van der Waals surface area (Å²) in [5.74, 6) is 0.845. The third-order valence-corrected chi connectivity index (χ3v) is 4.67. The van der Waals surface area contributed by atoms with Crippen LogP contribution in [0.1, 0.15) is 56.4 Å². The Morgan fingerprint density at radius 3 is 2.79 bits per heavy atom. The molecule has 1 saturated carbocycles. The van der Waals surface area contributed by atoms with Gasteiger partial charge in [0, 0.05) is 12.7 Å². The fourth-order valence-corrected chi connectivity index (χ4v) is 3.18. The van der Waals surface area contributed by atoms with Crippen molar-refractivity contribution < 1.29 is 18.8 Å². The van der Waals surface area contributed by atoms with E-state index in [1.807, 2.05) is 6.92 Å². The van der Waals surface area contributed by atoms with Gasteiger partial charge < -0.3 is 14.5 Å². The monoisotopic (exact) mass is 336 g/mol. The van der Waals surface area contributed by atoms with Gasteiger partial charge in [-0.2, -0.15) is 0 Å². The molecular weight excluding hydrogens is 312 g/mol. The Morgan fingerprint density at radius 2 is 2.17 bits per heavy atom. The molecule has 0 spiro atoms. The van der Waals surface area contributed by atoms with Crippen molar-refractivity contribution in [1.82, 2.24) is 5.32 Å². The summed E-state index contributed by atoms with van der Waals surface area (Å²) in [5, 5.41) is 3.73. The Bertz CT molecular complexity index is 653. The minimum Gasteiger partial charge on any atom is -0.403 e. The van der Waals surface area contributed by atoms with Gasteiger partial charge in [-0.15, -0.1) is 5.06 Å². The molecule has 7 heteroatoms. The van der Waals surface area contributed by atoms with E-state index in [1.54, 1.807) is 0 Å². The second kappa shape index (κ2) is 7.36. The number of hydrogen-bond donors (Lipinski definition) is 1. The molecular formula is C17H24N2O5. The van der Waals surface area contributed by atoms with Crippen molar-refractivity contribution in [3.63, 3.8) is 0 Å². The second-order valence-electron chi connectivity index (χ2n) is 6.32. The van der Waals surface area contributed by atoms with Crippen LogP contribution in [0.4, 0.5) is 10.7 Å². The summed E-state index contributed by atoms with van der Waals surface area (Å²) < 4.78 is 11.0. The van der Waals surface area contributed by atoms with Crippen molar-refractivity contribution in [2.24, 2.45) is 5.92 Å². The summed E-state index contributed by atoms with van der Waals surface area (Å²) >= 11 is 0. The van der Waals surface area contributed by atoms with Gasteiger partial charge in [0.25, 0.3) is 0 Å². The Hall–Kier alpha value is -1.86. The maximum Gasteiger partial charge on any atom is 0.351 e. The van der Waals surface area contributed by atoms with Crippen LogP contribution in [0.3, 0.4) is 0 Å². The lowest BCUT2D eigenvalue weighted by molar-refractivity contribution is 0.0237. The van der Waals surface area contributed by atoms with E-state index < -0.39 is 17.9 Å². The van der Waals surface area contributed by atoms with E-state index in [2.05, 4.69) is 5.32 Å². The van der Waals surface area contributed by atoms with Gasteiger partial charge in [0.05, 0.1) is 12.7 Å². The minimum absolute atomic E-state index is 0.124. The number of nitrogens with zero attached hydrogens (tertiary/aromatic N) is 1. The lowest BCUT2D eigenvalue weighted by atomic mass is 9.81. The lowest BCUT2D eigenvalue weighted by Crippen LogP contribution is -2.47. The van der Waals surface area contributed by atoms with Crippen molar-refractivity contribution in [3.05, 3.63) is 27.6 Å². The van der Waals surface area contributed by atoms with Crippen molar-refractivity contribution in [2.45, 2.75) is 51.7 Å². The van der Waals surface area contributed by atoms with Crippen LogP contribution < -0.4 is 16.0 Å². The standard InChI is InChI=1S/C17H24N2O5/c1-3-9-23-15-14-12(8-7-11-5-4-6-11)10-13(20)24-16(14)19(22-2)17(21)18-15/h10-11,15H,3-9H2,1-2H3,(H,18,21). The first kappa shape index (κ1) is 17.0. The molecule has 0 saturated heterocycles. The maximum atomic E-state index is 12.2. The predicted molar refractivity (Wildman–Crippen MR) is 87.6 cm³/mol. The third kappa shape index (κ3) is 3.32. The first-order chi connectivity index (χ1) is 11.6. The molecule has 24 heavy (non-hydrogen) atoms. The topological polar surface area (TPSA) is 81.0 Å². The molecule has 1 aliphatic heterocycles. The lowest BCUT2D eigenvalue weighted by Gasteiger charge is -2.33.